The molecule has 0 spiro atoms. The summed E-state index contributed by atoms with van der Waals surface area (Å²) in [5.41, 5.74) is 6.57. The third kappa shape index (κ3) is 2.70. The van der Waals surface area contributed by atoms with Gasteiger partial charge in [0.25, 0.3) is 0 Å². The van der Waals surface area contributed by atoms with Crippen LogP contribution >= 0.6 is 23.4 Å². The molecule has 1 aromatic heterocycles. The number of nitrogen functional groups attached to an aromatic ring is 1. The van der Waals surface area contributed by atoms with Crippen LogP contribution in [-0.2, 0) is 5.75 Å². The van der Waals surface area contributed by atoms with Gasteiger partial charge >= 0.3 is 0 Å². The van der Waals surface area contributed by atoms with E-state index in [1.807, 2.05) is 24.3 Å². The van der Waals surface area contributed by atoms with Gasteiger partial charge in [-0.1, -0.05) is 11.6 Å². The second-order valence-corrected chi connectivity index (χ2v) is 4.50. The van der Waals surface area contributed by atoms with E-state index >= 15 is 0 Å². The molecule has 0 aliphatic heterocycles. The summed E-state index contributed by atoms with van der Waals surface area (Å²) in [6.45, 7) is 0. The zero-order valence-corrected chi connectivity index (χ0v) is 9.52. The number of halogens is 1. The SMILES string of the molecule is Nc1ccc(Cl)cc1SCc1ccco1. The summed E-state index contributed by atoms with van der Waals surface area (Å²) >= 11 is 7.50. The van der Waals surface area contributed by atoms with E-state index in [0.29, 0.717) is 5.02 Å². The van der Waals surface area contributed by atoms with Crippen molar-refractivity contribution in [2.45, 2.75) is 10.6 Å². The van der Waals surface area contributed by atoms with Crippen molar-refractivity contribution in [1.29, 1.82) is 0 Å². The molecule has 0 saturated carbocycles. The fourth-order valence-electron chi connectivity index (χ4n) is 1.18. The lowest BCUT2D eigenvalue weighted by Gasteiger charge is -2.04. The molecule has 2 aromatic rings. The molecule has 1 heterocycles. The molecule has 0 bridgehead atoms. The third-order valence-electron chi connectivity index (χ3n) is 1.93. The van der Waals surface area contributed by atoms with Crippen molar-refractivity contribution in [3.05, 3.63) is 47.4 Å². The Labute approximate surface area is 97.4 Å². The number of benzene rings is 1. The average molecular weight is 240 g/mol. The topological polar surface area (TPSA) is 39.2 Å². The highest BCUT2D eigenvalue weighted by atomic mass is 35.5. The largest absolute Gasteiger partial charge is 0.468 e. The minimum Gasteiger partial charge on any atom is -0.468 e. The molecule has 0 amide bonds. The van der Waals surface area contributed by atoms with E-state index < -0.39 is 0 Å². The standard InChI is InChI=1S/C11H10ClNOS/c12-8-3-4-10(13)11(6-8)15-7-9-2-1-5-14-9/h1-6H,7,13H2. The van der Waals surface area contributed by atoms with Gasteiger partial charge in [0.2, 0.25) is 0 Å². The molecular weight excluding hydrogens is 230 g/mol. The molecule has 2 nitrogen and oxygen atoms in total. The Morgan fingerprint density at radius 2 is 2.20 bits per heavy atom. The van der Waals surface area contributed by atoms with E-state index in [9.17, 15) is 0 Å². The number of furan rings is 1. The first-order chi connectivity index (χ1) is 7.25. The zero-order chi connectivity index (χ0) is 10.7. The number of rotatable bonds is 3. The van der Waals surface area contributed by atoms with Crippen LogP contribution < -0.4 is 5.73 Å². The van der Waals surface area contributed by atoms with E-state index in [-0.39, 0.29) is 0 Å². The number of hydrogen-bond acceptors (Lipinski definition) is 3. The second kappa shape index (κ2) is 4.64. The van der Waals surface area contributed by atoms with Gasteiger partial charge in [-0.15, -0.1) is 11.8 Å². The number of anilines is 1. The van der Waals surface area contributed by atoms with Crippen molar-refractivity contribution in [3.8, 4) is 0 Å². The maximum atomic E-state index is 5.89. The monoisotopic (exact) mass is 239 g/mol. The molecule has 0 aliphatic carbocycles. The van der Waals surface area contributed by atoms with Gasteiger partial charge in [-0.25, -0.2) is 0 Å². The molecule has 0 radical (unpaired) electrons. The smallest absolute Gasteiger partial charge is 0.113 e. The maximum absolute atomic E-state index is 5.89. The highest BCUT2D eigenvalue weighted by Gasteiger charge is 2.03. The lowest BCUT2D eigenvalue weighted by Crippen LogP contribution is -1.88. The van der Waals surface area contributed by atoms with Gasteiger partial charge in [-0.05, 0) is 30.3 Å². The Morgan fingerprint density at radius 3 is 2.93 bits per heavy atom. The Bertz CT molecular complexity index is 442. The van der Waals surface area contributed by atoms with Crippen molar-refractivity contribution in [2.24, 2.45) is 0 Å². The first-order valence-corrected chi connectivity index (χ1v) is 5.82. The molecule has 0 saturated heterocycles. The van der Waals surface area contributed by atoms with Crippen molar-refractivity contribution in [1.82, 2.24) is 0 Å². The number of nitrogens with two attached hydrogens (primary N) is 1. The molecule has 78 valence electrons. The summed E-state index contributed by atoms with van der Waals surface area (Å²) in [7, 11) is 0. The van der Waals surface area contributed by atoms with E-state index in [0.717, 1.165) is 22.1 Å². The summed E-state index contributed by atoms with van der Waals surface area (Å²) in [5.74, 6) is 1.69. The summed E-state index contributed by atoms with van der Waals surface area (Å²) in [4.78, 5) is 0.985. The number of thioether (sulfide) groups is 1. The van der Waals surface area contributed by atoms with E-state index in [1.165, 1.54) is 0 Å². The molecule has 4 heteroatoms. The second-order valence-electron chi connectivity index (χ2n) is 3.05. The zero-order valence-electron chi connectivity index (χ0n) is 7.94. The van der Waals surface area contributed by atoms with E-state index in [1.54, 1.807) is 24.1 Å². The Balaban J connectivity index is 2.07. The maximum Gasteiger partial charge on any atom is 0.113 e. The average Bonchev–Trinajstić information content (AvgIpc) is 2.72. The molecule has 2 N–H and O–H groups in total. The van der Waals surface area contributed by atoms with Gasteiger partial charge in [0.15, 0.2) is 0 Å². The van der Waals surface area contributed by atoms with Gasteiger partial charge in [0, 0.05) is 15.6 Å². The van der Waals surface area contributed by atoms with Crippen LogP contribution in [0.4, 0.5) is 5.69 Å². The Kier molecular flexibility index (Phi) is 3.23. The summed E-state index contributed by atoms with van der Waals surface area (Å²) in [6.07, 6.45) is 1.66. The minimum absolute atomic E-state index is 0.700. The summed E-state index contributed by atoms with van der Waals surface area (Å²) < 4.78 is 5.23. The highest BCUT2D eigenvalue weighted by Crippen LogP contribution is 2.30. The molecule has 0 aliphatic rings. The lowest BCUT2D eigenvalue weighted by atomic mass is 10.3. The Morgan fingerprint density at radius 1 is 1.33 bits per heavy atom. The molecule has 1 aromatic carbocycles. The third-order valence-corrected chi connectivity index (χ3v) is 3.25. The summed E-state index contributed by atoms with van der Waals surface area (Å²) in [5, 5.41) is 0.700. The van der Waals surface area contributed by atoms with E-state index in [2.05, 4.69) is 0 Å². The fraction of sp³-hybridized carbons (Fsp3) is 0.0909. The van der Waals surface area contributed by atoms with Crippen LogP contribution in [0.3, 0.4) is 0 Å². The lowest BCUT2D eigenvalue weighted by molar-refractivity contribution is 0.530. The quantitative estimate of drug-likeness (QED) is 0.654. The normalized spacial score (nSPS) is 10.5. The van der Waals surface area contributed by atoms with Crippen LogP contribution in [0.5, 0.6) is 0 Å². The number of hydrogen-bond donors (Lipinski definition) is 1. The molecule has 0 fully saturated rings. The molecule has 0 atom stereocenters. The van der Waals surface area contributed by atoms with Crippen LogP contribution in [0.15, 0.2) is 45.9 Å². The molecule has 2 rings (SSSR count). The van der Waals surface area contributed by atoms with Crippen LogP contribution in [0.25, 0.3) is 0 Å². The molecular formula is C11H10ClNOS. The predicted octanol–water partition coefficient (Wildman–Crippen LogP) is 3.81. The van der Waals surface area contributed by atoms with Crippen molar-refractivity contribution in [3.63, 3.8) is 0 Å². The predicted molar refractivity (Wildman–Crippen MR) is 64.1 cm³/mol. The van der Waals surface area contributed by atoms with Crippen molar-refractivity contribution < 1.29 is 4.42 Å². The van der Waals surface area contributed by atoms with Gasteiger partial charge in [0.05, 0.1) is 12.0 Å². The highest BCUT2D eigenvalue weighted by molar-refractivity contribution is 7.98. The fourth-order valence-corrected chi connectivity index (χ4v) is 2.32. The van der Waals surface area contributed by atoms with Crippen molar-refractivity contribution >= 4 is 29.1 Å². The summed E-state index contributed by atoms with van der Waals surface area (Å²) in [6, 6.07) is 9.27. The van der Waals surface area contributed by atoms with Crippen LogP contribution in [0, 0.1) is 0 Å². The first-order valence-electron chi connectivity index (χ1n) is 4.46. The van der Waals surface area contributed by atoms with Crippen molar-refractivity contribution in [2.75, 3.05) is 5.73 Å². The van der Waals surface area contributed by atoms with Gasteiger partial charge < -0.3 is 10.2 Å². The first kappa shape index (κ1) is 10.5. The van der Waals surface area contributed by atoms with Gasteiger partial charge in [-0.3, -0.25) is 0 Å². The molecule has 15 heavy (non-hydrogen) atoms. The van der Waals surface area contributed by atoms with E-state index in [4.69, 9.17) is 21.8 Å². The van der Waals surface area contributed by atoms with Crippen LogP contribution in [-0.4, -0.2) is 0 Å². The van der Waals surface area contributed by atoms with Crippen LogP contribution in [0.2, 0.25) is 5.02 Å². The Hall–Kier alpha value is -1.06. The van der Waals surface area contributed by atoms with Gasteiger partial charge in [0.1, 0.15) is 5.76 Å². The van der Waals surface area contributed by atoms with Crippen LogP contribution in [0.1, 0.15) is 5.76 Å². The molecule has 0 unspecified atom stereocenters. The minimum atomic E-state index is 0.700. The van der Waals surface area contributed by atoms with Gasteiger partial charge in [-0.2, -0.15) is 0 Å².